The third-order valence-corrected chi connectivity index (χ3v) is 3.15. The first-order valence-electron chi connectivity index (χ1n) is 5.33. The zero-order valence-electron chi connectivity index (χ0n) is 9.26. The van der Waals surface area contributed by atoms with Crippen molar-refractivity contribution in [3.63, 3.8) is 0 Å². The first-order valence-corrected chi connectivity index (χ1v) is 5.33. The van der Waals surface area contributed by atoms with E-state index in [-0.39, 0.29) is 11.2 Å². The summed E-state index contributed by atoms with van der Waals surface area (Å²) in [6.07, 6.45) is 3.85. The van der Waals surface area contributed by atoms with Gasteiger partial charge in [-0.15, -0.1) is 0 Å². The van der Waals surface area contributed by atoms with Crippen LogP contribution in [-0.4, -0.2) is 35.7 Å². The molecule has 2 aliphatic rings. The van der Waals surface area contributed by atoms with E-state index in [2.05, 4.69) is 32.7 Å². The standard InChI is InChI=1S/C11H21NO/c1-10(2,3)13-11(6-7-11)9-5-8-12(9)4/h9H,5-8H2,1-4H3/t9-/m0/s1. The number of hydrogen-bond donors (Lipinski definition) is 0. The van der Waals surface area contributed by atoms with E-state index in [0.717, 1.165) is 0 Å². The zero-order chi connectivity index (χ0) is 9.69. The molecule has 0 aromatic rings. The van der Waals surface area contributed by atoms with Crippen molar-refractivity contribution in [1.82, 2.24) is 4.90 Å². The van der Waals surface area contributed by atoms with Crippen molar-refractivity contribution in [1.29, 1.82) is 0 Å². The summed E-state index contributed by atoms with van der Waals surface area (Å²) in [5.41, 5.74) is 0.248. The van der Waals surface area contributed by atoms with Gasteiger partial charge in [-0.2, -0.15) is 0 Å². The summed E-state index contributed by atoms with van der Waals surface area (Å²) < 4.78 is 6.17. The van der Waals surface area contributed by atoms with E-state index in [4.69, 9.17) is 4.74 Å². The molecule has 76 valence electrons. The van der Waals surface area contributed by atoms with E-state index in [1.807, 2.05) is 0 Å². The van der Waals surface area contributed by atoms with Crippen LogP contribution in [0.5, 0.6) is 0 Å². The van der Waals surface area contributed by atoms with Crippen LogP contribution >= 0.6 is 0 Å². The third kappa shape index (κ3) is 1.75. The van der Waals surface area contributed by atoms with Gasteiger partial charge in [0.05, 0.1) is 11.2 Å². The Labute approximate surface area is 81.3 Å². The van der Waals surface area contributed by atoms with E-state index in [9.17, 15) is 0 Å². The molecular weight excluding hydrogens is 162 g/mol. The van der Waals surface area contributed by atoms with Crippen LogP contribution in [0.15, 0.2) is 0 Å². The Morgan fingerprint density at radius 1 is 1.31 bits per heavy atom. The zero-order valence-corrected chi connectivity index (χ0v) is 9.26. The Kier molecular flexibility index (Phi) is 1.97. The molecule has 13 heavy (non-hydrogen) atoms. The van der Waals surface area contributed by atoms with E-state index in [1.165, 1.54) is 25.8 Å². The van der Waals surface area contributed by atoms with Crippen LogP contribution < -0.4 is 0 Å². The van der Waals surface area contributed by atoms with Gasteiger partial charge in [-0.3, -0.25) is 0 Å². The first-order chi connectivity index (χ1) is 5.93. The SMILES string of the molecule is CN1CC[C@H]1C1(OC(C)(C)C)CC1. The van der Waals surface area contributed by atoms with Gasteiger partial charge in [0, 0.05) is 6.04 Å². The van der Waals surface area contributed by atoms with Gasteiger partial charge in [0.15, 0.2) is 0 Å². The van der Waals surface area contributed by atoms with Gasteiger partial charge in [0.25, 0.3) is 0 Å². The Morgan fingerprint density at radius 3 is 2.15 bits per heavy atom. The summed E-state index contributed by atoms with van der Waals surface area (Å²) in [6, 6.07) is 0.701. The van der Waals surface area contributed by atoms with E-state index in [0.29, 0.717) is 6.04 Å². The Morgan fingerprint density at radius 2 is 1.92 bits per heavy atom. The molecule has 1 atom stereocenters. The average molecular weight is 183 g/mol. The van der Waals surface area contributed by atoms with Crippen molar-refractivity contribution in [2.75, 3.05) is 13.6 Å². The first kappa shape index (κ1) is 9.47. The van der Waals surface area contributed by atoms with Crippen molar-refractivity contribution >= 4 is 0 Å². The maximum absolute atomic E-state index is 6.17. The summed E-state index contributed by atoms with van der Waals surface area (Å²) in [5.74, 6) is 0. The smallest absolute Gasteiger partial charge is 0.0846 e. The lowest BCUT2D eigenvalue weighted by atomic mass is 9.95. The second-order valence-electron chi connectivity index (χ2n) is 5.56. The molecule has 1 saturated heterocycles. The van der Waals surface area contributed by atoms with Gasteiger partial charge in [0.2, 0.25) is 0 Å². The van der Waals surface area contributed by atoms with Gasteiger partial charge in [-0.25, -0.2) is 0 Å². The Balaban J connectivity index is 1.97. The number of likely N-dealkylation sites (N-methyl/N-ethyl adjacent to an activating group) is 1. The molecule has 2 nitrogen and oxygen atoms in total. The van der Waals surface area contributed by atoms with Gasteiger partial charge >= 0.3 is 0 Å². The van der Waals surface area contributed by atoms with Crippen molar-refractivity contribution in [2.24, 2.45) is 0 Å². The maximum atomic E-state index is 6.17. The van der Waals surface area contributed by atoms with Crippen LogP contribution in [0.4, 0.5) is 0 Å². The molecular formula is C11H21NO. The lowest BCUT2D eigenvalue weighted by Gasteiger charge is -2.45. The Bertz CT molecular complexity index is 203. The topological polar surface area (TPSA) is 12.5 Å². The molecule has 0 N–H and O–H groups in total. The molecule has 1 aliphatic carbocycles. The highest BCUT2D eigenvalue weighted by Gasteiger charge is 2.56. The number of rotatable bonds is 2. The van der Waals surface area contributed by atoms with Crippen LogP contribution in [0.1, 0.15) is 40.0 Å². The minimum Gasteiger partial charge on any atom is -0.368 e. The highest BCUT2D eigenvalue weighted by Crippen LogP contribution is 2.50. The summed E-state index contributed by atoms with van der Waals surface area (Å²) >= 11 is 0. The molecule has 0 radical (unpaired) electrons. The third-order valence-electron chi connectivity index (χ3n) is 3.15. The summed E-state index contributed by atoms with van der Waals surface area (Å²) in [7, 11) is 2.21. The monoisotopic (exact) mass is 183 g/mol. The molecule has 2 rings (SSSR count). The molecule has 1 heterocycles. The fraction of sp³-hybridized carbons (Fsp3) is 1.00. The Hall–Kier alpha value is -0.0800. The molecule has 0 spiro atoms. The predicted molar refractivity (Wildman–Crippen MR) is 53.8 cm³/mol. The van der Waals surface area contributed by atoms with Crippen LogP contribution in [-0.2, 0) is 4.74 Å². The van der Waals surface area contributed by atoms with E-state index >= 15 is 0 Å². The minimum absolute atomic E-state index is 0.0208. The summed E-state index contributed by atoms with van der Waals surface area (Å²) in [4.78, 5) is 2.43. The van der Waals surface area contributed by atoms with Gasteiger partial charge < -0.3 is 9.64 Å². The highest BCUT2D eigenvalue weighted by atomic mass is 16.5. The van der Waals surface area contributed by atoms with Gasteiger partial charge in [0.1, 0.15) is 0 Å². The lowest BCUT2D eigenvalue weighted by Crippen LogP contribution is -2.55. The summed E-state index contributed by atoms with van der Waals surface area (Å²) in [5, 5.41) is 0. The van der Waals surface area contributed by atoms with Crippen LogP contribution in [0.25, 0.3) is 0 Å². The molecule has 0 bridgehead atoms. The van der Waals surface area contributed by atoms with Crippen LogP contribution in [0.2, 0.25) is 0 Å². The number of likely N-dealkylation sites (tertiary alicyclic amines) is 1. The van der Waals surface area contributed by atoms with Gasteiger partial charge in [-0.1, -0.05) is 0 Å². The second-order valence-corrected chi connectivity index (χ2v) is 5.56. The van der Waals surface area contributed by atoms with Crippen molar-refractivity contribution < 1.29 is 4.74 Å². The fourth-order valence-corrected chi connectivity index (χ4v) is 2.42. The van der Waals surface area contributed by atoms with Crippen molar-refractivity contribution in [2.45, 2.75) is 57.3 Å². The lowest BCUT2D eigenvalue weighted by molar-refractivity contribution is -0.131. The number of hydrogen-bond acceptors (Lipinski definition) is 2. The molecule has 1 aliphatic heterocycles. The number of nitrogens with zero attached hydrogens (tertiary/aromatic N) is 1. The fourth-order valence-electron chi connectivity index (χ4n) is 2.42. The van der Waals surface area contributed by atoms with Crippen LogP contribution in [0, 0.1) is 0 Å². The van der Waals surface area contributed by atoms with Crippen molar-refractivity contribution in [3.05, 3.63) is 0 Å². The molecule has 2 fully saturated rings. The quantitative estimate of drug-likeness (QED) is 0.649. The van der Waals surface area contributed by atoms with Crippen molar-refractivity contribution in [3.8, 4) is 0 Å². The van der Waals surface area contributed by atoms with Crippen LogP contribution in [0.3, 0.4) is 0 Å². The predicted octanol–water partition coefficient (Wildman–Crippen LogP) is 2.04. The normalized spacial score (nSPS) is 32.8. The molecule has 1 saturated carbocycles. The number of ether oxygens (including phenoxy) is 1. The second kappa shape index (κ2) is 2.71. The highest BCUT2D eigenvalue weighted by molar-refractivity contribution is 5.10. The largest absolute Gasteiger partial charge is 0.368 e. The average Bonchev–Trinajstić information content (AvgIpc) is 2.62. The van der Waals surface area contributed by atoms with Gasteiger partial charge in [-0.05, 0) is 53.6 Å². The molecule has 0 amide bonds. The van der Waals surface area contributed by atoms with E-state index < -0.39 is 0 Å². The maximum Gasteiger partial charge on any atom is 0.0846 e. The summed E-state index contributed by atoms with van der Waals surface area (Å²) in [6.45, 7) is 7.73. The minimum atomic E-state index is 0.0208. The van der Waals surface area contributed by atoms with E-state index in [1.54, 1.807) is 0 Å². The molecule has 0 aromatic heterocycles. The molecule has 0 aromatic carbocycles. The molecule has 2 heteroatoms. The molecule has 0 unspecified atom stereocenters.